The highest BCUT2D eigenvalue weighted by atomic mass is 35.5. The fourth-order valence-electron chi connectivity index (χ4n) is 4.28. The molecule has 0 spiro atoms. The fraction of sp³-hybridized carbons (Fsp3) is 0.346. The molecule has 1 aliphatic heterocycles. The lowest BCUT2D eigenvalue weighted by Crippen LogP contribution is -2.37. The van der Waals surface area contributed by atoms with Gasteiger partial charge in [-0.1, -0.05) is 29.8 Å². The summed E-state index contributed by atoms with van der Waals surface area (Å²) in [7, 11) is 0. The second kappa shape index (κ2) is 10.8. The highest BCUT2D eigenvalue weighted by Crippen LogP contribution is 2.29. The third-order valence-corrected chi connectivity index (χ3v) is 6.42. The molecule has 1 amide bonds. The van der Waals surface area contributed by atoms with Crippen LogP contribution in [0.2, 0.25) is 5.02 Å². The molecule has 1 aliphatic rings. The normalized spacial score (nSPS) is 14.3. The fourth-order valence-corrected chi connectivity index (χ4v) is 4.53. The zero-order valence-corrected chi connectivity index (χ0v) is 19.8. The number of carbonyl (C=O) groups excluding carboxylic acids is 2. The highest BCUT2D eigenvalue weighted by Gasteiger charge is 2.27. The Hall–Kier alpha value is -3.19. The Kier molecular flexibility index (Phi) is 7.63. The van der Waals surface area contributed by atoms with Crippen molar-refractivity contribution < 1.29 is 18.7 Å². The first-order valence-corrected chi connectivity index (χ1v) is 11.9. The average molecular weight is 484 g/mol. The lowest BCUT2D eigenvalue weighted by molar-refractivity contribution is -0.148. The van der Waals surface area contributed by atoms with Crippen molar-refractivity contribution in [2.24, 2.45) is 5.92 Å². The molecule has 4 rings (SSSR count). The minimum absolute atomic E-state index is 0.0740. The van der Waals surface area contributed by atoms with E-state index in [0.29, 0.717) is 53.2 Å². The Morgan fingerprint density at radius 1 is 1.15 bits per heavy atom. The number of aromatic nitrogens is 1. The minimum atomic E-state index is -0.322. The van der Waals surface area contributed by atoms with Crippen LogP contribution in [0.15, 0.2) is 48.5 Å². The summed E-state index contributed by atoms with van der Waals surface area (Å²) in [6.07, 6.45) is 1.81. The van der Waals surface area contributed by atoms with Gasteiger partial charge >= 0.3 is 5.97 Å². The molecule has 0 bridgehead atoms. The molecular formula is C26H27ClFN3O3. The second-order valence-corrected chi connectivity index (χ2v) is 8.68. The van der Waals surface area contributed by atoms with Gasteiger partial charge in [0.15, 0.2) is 0 Å². The van der Waals surface area contributed by atoms with Gasteiger partial charge in [0.05, 0.1) is 28.6 Å². The number of nitrogens with zero attached hydrogens (tertiary/aromatic N) is 2. The van der Waals surface area contributed by atoms with Crippen molar-refractivity contribution in [3.8, 4) is 0 Å². The molecule has 0 aliphatic carbocycles. The van der Waals surface area contributed by atoms with Crippen LogP contribution in [0.3, 0.4) is 0 Å². The minimum Gasteiger partial charge on any atom is -0.466 e. The summed E-state index contributed by atoms with van der Waals surface area (Å²) < 4.78 is 19.0. The summed E-state index contributed by atoms with van der Waals surface area (Å²) in [5.74, 6) is -0.0215. The van der Waals surface area contributed by atoms with Crippen molar-refractivity contribution in [2.45, 2.75) is 26.2 Å². The van der Waals surface area contributed by atoms with Crippen LogP contribution in [0.4, 0.5) is 10.2 Å². The van der Waals surface area contributed by atoms with Gasteiger partial charge in [0.2, 0.25) is 0 Å². The molecule has 0 saturated carbocycles. The number of fused-ring (bicyclic) bond motifs is 1. The van der Waals surface area contributed by atoms with Gasteiger partial charge in [-0.05, 0) is 62.1 Å². The van der Waals surface area contributed by atoms with Crippen molar-refractivity contribution in [1.82, 2.24) is 10.3 Å². The lowest BCUT2D eigenvalue weighted by Gasteiger charge is -2.31. The Morgan fingerprint density at radius 2 is 1.91 bits per heavy atom. The van der Waals surface area contributed by atoms with Gasteiger partial charge in [0, 0.05) is 25.0 Å². The first-order chi connectivity index (χ1) is 16.5. The SMILES string of the molecule is CCOC(=O)C1CCN(c2ccc3c(C(=O)NCCc4ccccc4F)c(Cl)ccc3n2)CC1. The molecule has 8 heteroatoms. The topological polar surface area (TPSA) is 71.5 Å². The number of piperidine rings is 1. The predicted octanol–water partition coefficient (Wildman–Crippen LogP) is 4.78. The Morgan fingerprint density at radius 3 is 2.65 bits per heavy atom. The maximum atomic E-state index is 13.8. The first kappa shape index (κ1) is 24.0. The molecule has 178 valence electrons. The van der Waals surface area contributed by atoms with Crippen molar-refractivity contribution in [3.05, 3.63) is 70.5 Å². The number of hydrogen-bond acceptors (Lipinski definition) is 5. The van der Waals surface area contributed by atoms with Gasteiger partial charge in [0.1, 0.15) is 11.6 Å². The monoisotopic (exact) mass is 483 g/mol. The number of esters is 1. The molecule has 1 N–H and O–H groups in total. The lowest BCUT2D eigenvalue weighted by atomic mass is 9.97. The van der Waals surface area contributed by atoms with E-state index in [-0.39, 0.29) is 30.2 Å². The molecule has 1 saturated heterocycles. The Labute approximate surface area is 203 Å². The van der Waals surface area contributed by atoms with Crippen LogP contribution in [0.25, 0.3) is 10.9 Å². The zero-order valence-electron chi connectivity index (χ0n) is 19.0. The van der Waals surface area contributed by atoms with Gasteiger partial charge in [-0.15, -0.1) is 0 Å². The van der Waals surface area contributed by atoms with Gasteiger partial charge in [0.25, 0.3) is 5.91 Å². The average Bonchev–Trinajstić information content (AvgIpc) is 2.85. The summed E-state index contributed by atoms with van der Waals surface area (Å²) in [6, 6.07) is 13.7. The molecule has 0 unspecified atom stereocenters. The van der Waals surface area contributed by atoms with Crippen molar-refractivity contribution >= 4 is 40.2 Å². The van der Waals surface area contributed by atoms with E-state index in [1.807, 2.05) is 19.1 Å². The summed E-state index contributed by atoms with van der Waals surface area (Å²) >= 11 is 6.38. The van der Waals surface area contributed by atoms with Crippen molar-refractivity contribution in [2.75, 3.05) is 31.1 Å². The van der Waals surface area contributed by atoms with Crippen molar-refractivity contribution in [1.29, 1.82) is 0 Å². The molecule has 0 radical (unpaired) electrons. The second-order valence-electron chi connectivity index (χ2n) is 8.27. The highest BCUT2D eigenvalue weighted by molar-refractivity contribution is 6.35. The summed E-state index contributed by atoms with van der Waals surface area (Å²) in [5, 5.41) is 3.83. The number of hydrogen-bond donors (Lipinski definition) is 1. The van der Waals surface area contributed by atoms with Crippen LogP contribution in [-0.4, -0.2) is 43.1 Å². The summed E-state index contributed by atoms with van der Waals surface area (Å²) in [5.41, 5.74) is 1.56. The Bertz CT molecular complexity index is 1200. The molecule has 6 nitrogen and oxygen atoms in total. The van der Waals surface area contributed by atoms with Gasteiger partial charge in [-0.3, -0.25) is 9.59 Å². The number of rotatable bonds is 7. The zero-order chi connectivity index (χ0) is 24.1. The van der Waals surface area contributed by atoms with E-state index in [0.717, 1.165) is 18.7 Å². The number of anilines is 1. The van der Waals surface area contributed by atoms with Gasteiger partial charge in [-0.25, -0.2) is 9.37 Å². The number of benzene rings is 2. The maximum Gasteiger partial charge on any atom is 0.309 e. The smallest absolute Gasteiger partial charge is 0.309 e. The maximum absolute atomic E-state index is 13.8. The summed E-state index contributed by atoms with van der Waals surface area (Å²) in [4.78, 5) is 31.8. The predicted molar refractivity (Wildman–Crippen MR) is 131 cm³/mol. The van der Waals surface area contributed by atoms with E-state index in [1.165, 1.54) is 6.07 Å². The van der Waals surface area contributed by atoms with Crippen LogP contribution < -0.4 is 10.2 Å². The van der Waals surface area contributed by atoms with Gasteiger partial charge in [-0.2, -0.15) is 0 Å². The van der Waals surface area contributed by atoms with E-state index in [2.05, 4.69) is 10.2 Å². The van der Waals surface area contributed by atoms with Crippen LogP contribution in [0.5, 0.6) is 0 Å². The molecular weight excluding hydrogens is 457 g/mol. The van der Waals surface area contributed by atoms with Crippen LogP contribution in [-0.2, 0) is 16.0 Å². The molecule has 1 fully saturated rings. The third-order valence-electron chi connectivity index (χ3n) is 6.11. The molecule has 34 heavy (non-hydrogen) atoms. The van der Waals surface area contributed by atoms with Crippen molar-refractivity contribution in [3.63, 3.8) is 0 Å². The molecule has 2 aromatic carbocycles. The van der Waals surface area contributed by atoms with Crippen LogP contribution in [0, 0.1) is 11.7 Å². The van der Waals surface area contributed by atoms with E-state index in [4.69, 9.17) is 21.3 Å². The van der Waals surface area contributed by atoms with E-state index < -0.39 is 0 Å². The van der Waals surface area contributed by atoms with Crippen LogP contribution >= 0.6 is 11.6 Å². The number of ether oxygens (including phenoxy) is 1. The largest absolute Gasteiger partial charge is 0.466 e. The molecule has 2 heterocycles. The van der Waals surface area contributed by atoms with E-state index in [9.17, 15) is 14.0 Å². The molecule has 1 aromatic heterocycles. The number of pyridine rings is 1. The molecule has 0 atom stereocenters. The number of carbonyl (C=O) groups is 2. The Balaban J connectivity index is 1.46. The third kappa shape index (κ3) is 5.30. The summed E-state index contributed by atoms with van der Waals surface area (Å²) in [6.45, 7) is 3.91. The first-order valence-electron chi connectivity index (χ1n) is 11.5. The van der Waals surface area contributed by atoms with Crippen LogP contribution in [0.1, 0.15) is 35.7 Å². The van der Waals surface area contributed by atoms with E-state index in [1.54, 1.807) is 30.3 Å². The standard InChI is InChI=1S/C26H27ClFN3O3/c1-2-34-26(33)18-12-15-31(16-13-18)23-10-7-19-22(30-23)9-8-20(27)24(19)25(32)29-14-11-17-5-3-4-6-21(17)28/h3-10,18H,2,11-16H2,1H3,(H,29,32). The quantitative estimate of drug-likeness (QED) is 0.490. The van der Waals surface area contributed by atoms with Gasteiger partial charge < -0.3 is 15.0 Å². The number of nitrogens with one attached hydrogen (secondary N) is 1. The number of halogens is 2. The van der Waals surface area contributed by atoms with E-state index >= 15 is 0 Å². The molecule has 3 aromatic rings. The number of amides is 1.